The molecule has 0 bridgehead atoms. The lowest BCUT2D eigenvalue weighted by atomic mass is 10.2. The van der Waals surface area contributed by atoms with E-state index in [2.05, 4.69) is 42.0 Å². The summed E-state index contributed by atoms with van der Waals surface area (Å²) in [4.78, 5) is 25.5. The molecule has 0 aliphatic rings. The van der Waals surface area contributed by atoms with E-state index in [1.807, 2.05) is 82.0 Å². The number of fused-ring (bicyclic) bond motifs is 9. The summed E-state index contributed by atoms with van der Waals surface area (Å²) in [7, 11) is 0. The van der Waals surface area contributed by atoms with Gasteiger partial charge in [-0.15, -0.1) is 11.3 Å². The van der Waals surface area contributed by atoms with Crippen LogP contribution >= 0.6 is 11.3 Å². The van der Waals surface area contributed by atoms with E-state index in [9.17, 15) is 0 Å². The molecule has 9 aromatic rings. The van der Waals surface area contributed by atoms with Crippen molar-refractivity contribution in [3.8, 4) is 0 Å². The van der Waals surface area contributed by atoms with Crippen molar-refractivity contribution in [3.05, 3.63) is 109 Å². The van der Waals surface area contributed by atoms with Crippen LogP contribution in [-0.2, 0) is 0 Å². The van der Waals surface area contributed by atoms with E-state index in [4.69, 9.17) is 8.83 Å². The van der Waals surface area contributed by atoms with Gasteiger partial charge in [-0.25, -0.2) is 0 Å². The highest BCUT2D eigenvalue weighted by molar-refractivity contribution is 7.25. The zero-order valence-corrected chi connectivity index (χ0v) is 23.9. The van der Waals surface area contributed by atoms with Gasteiger partial charge in [-0.2, -0.15) is 0 Å². The molecule has 0 radical (unpaired) electrons. The number of hydrogen-bond donors (Lipinski definition) is 0. The Labute approximate surface area is 243 Å². The first-order valence-corrected chi connectivity index (χ1v) is 14.1. The minimum absolute atomic E-state index is 0.815. The van der Waals surface area contributed by atoms with Crippen molar-refractivity contribution in [3.63, 3.8) is 0 Å². The standard InChI is InChI=1S/2C11H8N2O.C11H8N2S/c1-7-4-11-9(6-13-7)8-5-12-3-2-10(8)14-11;2*1-7-5-10-8(6-13-7)11-9(14-10)3-2-4-12-11/h3*2-6H,1H3. The molecule has 9 heterocycles. The second-order valence-electron chi connectivity index (χ2n) is 9.84. The smallest absolute Gasteiger partial charge is 0.153 e. The molecule has 9 heteroatoms. The Bertz CT molecular complexity index is 2110. The fourth-order valence-corrected chi connectivity index (χ4v) is 5.93. The molecule has 0 atom stereocenters. The molecule has 0 fully saturated rings. The molecular formula is C33H24N6O2S. The third kappa shape index (κ3) is 4.80. The first-order valence-electron chi connectivity index (χ1n) is 13.3. The van der Waals surface area contributed by atoms with Crippen molar-refractivity contribution in [1.82, 2.24) is 29.9 Å². The van der Waals surface area contributed by atoms with E-state index < -0.39 is 0 Å². The summed E-state index contributed by atoms with van der Waals surface area (Å²) in [5.41, 5.74) is 8.34. The van der Waals surface area contributed by atoms with Crippen molar-refractivity contribution in [2.24, 2.45) is 0 Å². The number of hydrogen-bond acceptors (Lipinski definition) is 9. The minimum Gasteiger partial charge on any atom is -0.456 e. The molecule has 0 spiro atoms. The Morgan fingerprint density at radius 1 is 0.500 bits per heavy atom. The lowest BCUT2D eigenvalue weighted by molar-refractivity contribution is 0.667. The van der Waals surface area contributed by atoms with Crippen LogP contribution < -0.4 is 0 Å². The molecule has 0 amide bonds. The van der Waals surface area contributed by atoms with Crippen molar-refractivity contribution in [2.75, 3.05) is 0 Å². The third-order valence-corrected chi connectivity index (χ3v) is 7.90. The van der Waals surface area contributed by atoms with E-state index in [-0.39, 0.29) is 0 Å². The van der Waals surface area contributed by atoms with Crippen LogP contribution in [0.25, 0.3) is 64.3 Å². The topological polar surface area (TPSA) is 104 Å². The molecule has 0 aliphatic heterocycles. The highest BCUT2D eigenvalue weighted by atomic mass is 32.1. The van der Waals surface area contributed by atoms with Crippen LogP contribution in [0.3, 0.4) is 0 Å². The Morgan fingerprint density at radius 3 is 1.93 bits per heavy atom. The van der Waals surface area contributed by atoms with Crippen LogP contribution in [-0.4, -0.2) is 29.9 Å². The van der Waals surface area contributed by atoms with Crippen LogP contribution in [0, 0.1) is 20.8 Å². The SMILES string of the molecule is Cc1cc2oc3cccnc3c2cn1.Cc1cc2oc3ccncc3c2cn1.Cc1cc2sc3cccnc3c2cn1. The Kier molecular flexibility index (Phi) is 6.48. The molecule has 9 rings (SSSR count). The number of aromatic nitrogens is 6. The number of aryl methyl sites for hydroxylation is 3. The van der Waals surface area contributed by atoms with Gasteiger partial charge in [0.25, 0.3) is 0 Å². The maximum absolute atomic E-state index is 5.65. The molecule has 0 saturated heterocycles. The monoisotopic (exact) mass is 568 g/mol. The zero-order valence-electron chi connectivity index (χ0n) is 23.1. The molecule has 0 N–H and O–H groups in total. The third-order valence-electron chi connectivity index (χ3n) is 6.79. The van der Waals surface area contributed by atoms with E-state index in [1.54, 1.807) is 29.9 Å². The fraction of sp³-hybridized carbons (Fsp3) is 0.0909. The number of rotatable bonds is 0. The van der Waals surface area contributed by atoms with Gasteiger partial charge in [-0.1, -0.05) is 0 Å². The molecular weight excluding hydrogens is 544 g/mol. The van der Waals surface area contributed by atoms with E-state index >= 15 is 0 Å². The summed E-state index contributed by atoms with van der Waals surface area (Å²) >= 11 is 1.77. The first kappa shape index (κ1) is 25.7. The molecule has 42 heavy (non-hydrogen) atoms. The number of furan rings is 2. The second kappa shape index (κ2) is 10.6. The van der Waals surface area contributed by atoms with Crippen LogP contribution in [0.5, 0.6) is 0 Å². The predicted molar refractivity (Wildman–Crippen MR) is 168 cm³/mol. The zero-order chi connectivity index (χ0) is 28.6. The summed E-state index contributed by atoms with van der Waals surface area (Å²) in [6, 6.07) is 15.7. The predicted octanol–water partition coefficient (Wildman–Crippen LogP) is 8.52. The first-order chi connectivity index (χ1) is 20.5. The van der Waals surface area contributed by atoms with Gasteiger partial charge in [0.2, 0.25) is 0 Å². The van der Waals surface area contributed by atoms with Gasteiger partial charge in [-0.3, -0.25) is 29.9 Å². The summed E-state index contributed by atoms with van der Waals surface area (Å²) in [5.74, 6) is 0. The van der Waals surface area contributed by atoms with Gasteiger partial charge in [0.15, 0.2) is 5.58 Å². The maximum atomic E-state index is 5.65. The fourth-order valence-electron chi connectivity index (χ4n) is 4.79. The lowest BCUT2D eigenvalue weighted by Crippen LogP contribution is -1.78. The van der Waals surface area contributed by atoms with Gasteiger partial charge >= 0.3 is 0 Å². The van der Waals surface area contributed by atoms with Crippen LogP contribution in [0.2, 0.25) is 0 Å². The summed E-state index contributed by atoms with van der Waals surface area (Å²) < 4.78 is 13.8. The molecule has 204 valence electrons. The second-order valence-corrected chi connectivity index (χ2v) is 10.9. The largest absolute Gasteiger partial charge is 0.456 e. The average molecular weight is 569 g/mol. The molecule has 8 nitrogen and oxygen atoms in total. The van der Waals surface area contributed by atoms with Crippen LogP contribution in [0.1, 0.15) is 17.1 Å². The quantitative estimate of drug-likeness (QED) is 0.179. The average Bonchev–Trinajstić information content (AvgIpc) is 3.67. The van der Waals surface area contributed by atoms with Gasteiger partial charge in [0.05, 0.1) is 15.6 Å². The van der Waals surface area contributed by atoms with Crippen LogP contribution in [0.15, 0.2) is 101 Å². The van der Waals surface area contributed by atoms with Crippen LogP contribution in [0.4, 0.5) is 0 Å². The number of nitrogens with zero attached hydrogens (tertiary/aromatic N) is 6. The number of pyridine rings is 6. The molecule has 9 aromatic heterocycles. The van der Waals surface area contributed by atoms with Gasteiger partial charge in [0, 0.05) is 93.5 Å². The molecule has 0 aliphatic carbocycles. The molecule has 0 saturated carbocycles. The Hall–Kier alpha value is -5.28. The molecule has 0 aromatic carbocycles. The molecule has 0 unspecified atom stereocenters. The van der Waals surface area contributed by atoms with Gasteiger partial charge < -0.3 is 8.83 Å². The van der Waals surface area contributed by atoms with Crippen molar-refractivity contribution in [1.29, 1.82) is 0 Å². The van der Waals surface area contributed by atoms with Crippen molar-refractivity contribution in [2.45, 2.75) is 20.8 Å². The van der Waals surface area contributed by atoms with Gasteiger partial charge in [0.1, 0.15) is 22.3 Å². The highest BCUT2D eigenvalue weighted by Gasteiger charge is 2.08. The summed E-state index contributed by atoms with van der Waals surface area (Å²) in [5, 5.41) is 4.19. The summed E-state index contributed by atoms with van der Waals surface area (Å²) in [6.45, 7) is 5.90. The Morgan fingerprint density at radius 2 is 1.12 bits per heavy atom. The Balaban J connectivity index is 0.000000103. The minimum atomic E-state index is 0.815. The van der Waals surface area contributed by atoms with Crippen molar-refractivity contribution < 1.29 is 8.83 Å². The van der Waals surface area contributed by atoms with Gasteiger partial charge in [-0.05, 0) is 57.2 Å². The normalized spacial score (nSPS) is 11.2. The maximum Gasteiger partial charge on any atom is 0.153 e. The van der Waals surface area contributed by atoms with E-state index in [1.165, 1.54) is 9.40 Å². The van der Waals surface area contributed by atoms with Crippen molar-refractivity contribution >= 4 is 75.6 Å². The van der Waals surface area contributed by atoms with E-state index in [0.717, 1.165) is 72.0 Å². The highest BCUT2D eigenvalue weighted by Crippen LogP contribution is 2.32. The lowest BCUT2D eigenvalue weighted by Gasteiger charge is -1.91. The summed E-state index contributed by atoms with van der Waals surface area (Å²) in [6.07, 6.45) is 12.7. The van der Waals surface area contributed by atoms with E-state index in [0.29, 0.717) is 0 Å². The number of thiophene rings is 1.